The summed E-state index contributed by atoms with van der Waals surface area (Å²) in [5, 5.41) is 4.22. The molecule has 2 atom stereocenters. The van der Waals surface area contributed by atoms with Crippen LogP contribution in [0.25, 0.3) is 10.2 Å². The van der Waals surface area contributed by atoms with Gasteiger partial charge in [-0.3, -0.25) is 4.90 Å². The van der Waals surface area contributed by atoms with Crippen LogP contribution in [0.2, 0.25) is 0 Å². The number of benzene rings is 2. The van der Waals surface area contributed by atoms with Crippen molar-refractivity contribution in [1.82, 2.24) is 15.2 Å². The van der Waals surface area contributed by atoms with Crippen LogP contribution in [0.15, 0.2) is 48.5 Å². The normalized spacial score (nSPS) is 23.2. The summed E-state index contributed by atoms with van der Waals surface area (Å²) in [5.41, 5.74) is 2.34. The molecule has 5 rings (SSSR count). The molecule has 3 aromatic rings. The van der Waals surface area contributed by atoms with Gasteiger partial charge in [-0.1, -0.05) is 35.6 Å². The third kappa shape index (κ3) is 3.03. The molecule has 1 N–H and O–H groups in total. The number of ether oxygens (including phenoxy) is 1. The molecule has 5 heteroatoms. The van der Waals surface area contributed by atoms with Crippen molar-refractivity contribution in [2.45, 2.75) is 19.0 Å². The lowest BCUT2D eigenvalue weighted by molar-refractivity contribution is 0.244. The maximum Gasteiger partial charge on any atom is 0.279 e. The lowest BCUT2D eigenvalue weighted by Crippen LogP contribution is -2.33. The molecule has 128 valence electrons. The van der Waals surface area contributed by atoms with Crippen LogP contribution in [0, 0.1) is 5.92 Å². The van der Waals surface area contributed by atoms with Crippen LogP contribution in [0.1, 0.15) is 12.0 Å². The molecular formula is C20H21N3OS. The molecule has 0 aliphatic carbocycles. The second-order valence-corrected chi connectivity index (χ2v) is 7.93. The predicted molar refractivity (Wildman–Crippen MR) is 101 cm³/mol. The molecule has 0 spiro atoms. The average molecular weight is 351 g/mol. The quantitative estimate of drug-likeness (QED) is 0.774. The van der Waals surface area contributed by atoms with Gasteiger partial charge in [-0.05, 0) is 55.3 Å². The van der Waals surface area contributed by atoms with Gasteiger partial charge in [-0.2, -0.15) is 0 Å². The molecule has 0 amide bonds. The van der Waals surface area contributed by atoms with Crippen molar-refractivity contribution in [2.75, 3.05) is 19.6 Å². The molecule has 1 aromatic heterocycles. The van der Waals surface area contributed by atoms with E-state index in [1.807, 2.05) is 18.2 Å². The van der Waals surface area contributed by atoms with E-state index in [1.54, 1.807) is 11.3 Å². The molecule has 2 saturated heterocycles. The minimum absolute atomic E-state index is 0.702. The Balaban J connectivity index is 1.27. The second kappa shape index (κ2) is 6.41. The molecular weight excluding hydrogens is 330 g/mol. The van der Waals surface area contributed by atoms with E-state index in [4.69, 9.17) is 4.74 Å². The Kier molecular flexibility index (Phi) is 3.93. The highest BCUT2D eigenvalue weighted by molar-refractivity contribution is 7.20. The monoisotopic (exact) mass is 351 g/mol. The molecule has 2 aromatic carbocycles. The highest BCUT2D eigenvalue weighted by atomic mass is 32.1. The van der Waals surface area contributed by atoms with Gasteiger partial charge < -0.3 is 10.1 Å². The molecule has 2 fully saturated rings. The van der Waals surface area contributed by atoms with Gasteiger partial charge in [0, 0.05) is 19.1 Å². The average Bonchev–Trinajstić information content (AvgIpc) is 3.33. The smallest absolute Gasteiger partial charge is 0.279 e. The third-order valence-corrected chi connectivity index (χ3v) is 6.26. The number of para-hydroxylation sites is 1. The van der Waals surface area contributed by atoms with Crippen LogP contribution >= 0.6 is 11.3 Å². The first-order valence-electron chi connectivity index (χ1n) is 8.92. The molecule has 0 bridgehead atoms. The van der Waals surface area contributed by atoms with Gasteiger partial charge in [0.15, 0.2) is 0 Å². The number of likely N-dealkylation sites (tertiary alicyclic amines) is 1. The summed E-state index contributed by atoms with van der Waals surface area (Å²) in [5.74, 6) is 1.70. The SMILES string of the molecule is c1ccc2sc(Oc3ccc(CN4CCC5CNCC54)cc3)nc2c1. The minimum atomic E-state index is 0.702. The second-order valence-electron chi connectivity index (χ2n) is 6.94. The van der Waals surface area contributed by atoms with Crippen LogP contribution in [0.5, 0.6) is 10.9 Å². The molecule has 0 radical (unpaired) electrons. The molecule has 25 heavy (non-hydrogen) atoms. The van der Waals surface area contributed by atoms with Gasteiger partial charge in [0.1, 0.15) is 5.75 Å². The fourth-order valence-corrected chi connectivity index (χ4v) is 4.86. The van der Waals surface area contributed by atoms with Crippen molar-refractivity contribution in [3.63, 3.8) is 0 Å². The third-order valence-electron chi connectivity index (χ3n) is 5.35. The molecule has 4 nitrogen and oxygen atoms in total. The van der Waals surface area contributed by atoms with Gasteiger partial charge in [-0.25, -0.2) is 4.98 Å². The highest BCUT2D eigenvalue weighted by Gasteiger charge is 2.37. The number of nitrogens with zero attached hydrogens (tertiary/aromatic N) is 2. The Bertz CT molecular complexity index is 843. The molecule has 2 aliphatic rings. The fourth-order valence-electron chi connectivity index (χ4n) is 4.03. The van der Waals surface area contributed by atoms with E-state index in [2.05, 4.69) is 45.5 Å². The molecule has 0 saturated carbocycles. The van der Waals surface area contributed by atoms with Gasteiger partial charge in [0.05, 0.1) is 10.2 Å². The zero-order valence-corrected chi connectivity index (χ0v) is 14.8. The Labute approximate surface area is 151 Å². The van der Waals surface area contributed by atoms with Crippen molar-refractivity contribution in [3.8, 4) is 10.9 Å². The van der Waals surface area contributed by atoms with Gasteiger partial charge in [0.2, 0.25) is 0 Å². The Hall–Kier alpha value is -1.95. The van der Waals surface area contributed by atoms with Crippen molar-refractivity contribution < 1.29 is 4.74 Å². The first-order valence-corrected chi connectivity index (χ1v) is 9.74. The van der Waals surface area contributed by atoms with Crippen molar-refractivity contribution in [2.24, 2.45) is 5.92 Å². The van der Waals surface area contributed by atoms with Crippen LogP contribution < -0.4 is 10.1 Å². The van der Waals surface area contributed by atoms with Crippen molar-refractivity contribution in [1.29, 1.82) is 0 Å². The Morgan fingerprint density at radius 2 is 2.00 bits per heavy atom. The van der Waals surface area contributed by atoms with E-state index in [1.165, 1.54) is 25.1 Å². The number of nitrogens with one attached hydrogen (secondary N) is 1. The summed E-state index contributed by atoms with van der Waals surface area (Å²) in [6, 6.07) is 17.3. The van der Waals surface area contributed by atoms with Crippen molar-refractivity contribution >= 4 is 21.6 Å². The number of thiazole rings is 1. The topological polar surface area (TPSA) is 37.4 Å². The van der Waals surface area contributed by atoms with E-state index in [9.17, 15) is 0 Å². The lowest BCUT2D eigenvalue weighted by atomic mass is 10.0. The van der Waals surface area contributed by atoms with Gasteiger partial charge >= 0.3 is 0 Å². The maximum absolute atomic E-state index is 5.94. The largest absolute Gasteiger partial charge is 0.431 e. The Morgan fingerprint density at radius 1 is 1.12 bits per heavy atom. The van der Waals surface area contributed by atoms with E-state index in [0.29, 0.717) is 5.19 Å². The lowest BCUT2D eigenvalue weighted by Gasteiger charge is -2.23. The summed E-state index contributed by atoms with van der Waals surface area (Å²) in [7, 11) is 0. The van der Waals surface area contributed by atoms with Gasteiger partial charge in [-0.15, -0.1) is 0 Å². The number of fused-ring (bicyclic) bond motifs is 2. The Morgan fingerprint density at radius 3 is 2.88 bits per heavy atom. The first kappa shape index (κ1) is 15.3. The maximum atomic E-state index is 5.94. The van der Waals surface area contributed by atoms with Gasteiger partial charge in [0.25, 0.3) is 5.19 Å². The molecule has 3 heterocycles. The zero-order valence-electron chi connectivity index (χ0n) is 14.0. The number of rotatable bonds is 4. The summed E-state index contributed by atoms with van der Waals surface area (Å²) < 4.78 is 7.10. The van der Waals surface area contributed by atoms with E-state index in [-0.39, 0.29) is 0 Å². The minimum Gasteiger partial charge on any atom is -0.431 e. The summed E-state index contributed by atoms with van der Waals surface area (Å²) >= 11 is 1.58. The molecule has 2 unspecified atom stereocenters. The fraction of sp³-hybridized carbons (Fsp3) is 0.350. The van der Waals surface area contributed by atoms with E-state index < -0.39 is 0 Å². The standard InChI is InChI=1S/C20H21N3OS/c1-2-4-19-17(3-1)22-20(25-19)24-16-7-5-14(6-8-16)13-23-10-9-15-11-21-12-18(15)23/h1-8,15,18,21H,9-13H2. The van der Waals surface area contributed by atoms with Crippen LogP contribution in [0.4, 0.5) is 0 Å². The summed E-state index contributed by atoms with van der Waals surface area (Å²) in [6.45, 7) is 4.59. The van der Waals surface area contributed by atoms with Crippen molar-refractivity contribution in [3.05, 3.63) is 54.1 Å². The number of hydrogen-bond donors (Lipinski definition) is 1. The first-order chi connectivity index (χ1) is 12.3. The van der Waals surface area contributed by atoms with E-state index >= 15 is 0 Å². The van der Waals surface area contributed by atoms with Crippen LogP contribution in [0.3, 0.4) is 0 Å². The number of aromatic nitrogens is 1. The van der Waals surface area contributed by atoms with Crippen LogP contribution in [-0.2, 0) is 6.54 Å². The summed E-state index contributed by atoms with van der Waals surface area (Å²) in [6.07, 6.45) is 1.33. The summed E-state index contributed by atoms with van der Waals surface area (Å²) in [4.78, 5) is 7.15. The molecule has 2 aliphatic heterocycles. The highest BCUT2D eigenvalue weighted by Crippen LogP contribution is 2.32. The van der Waals surface area contributed by atoms with E-state index in [0.717, 1.165) is 41.0 Å². The zero-order chi connectivity index (χ0) is 16.6. The predicted octanol–water partition coefficient (Wildman–Crippen LogP) is 3.88. The van der Waals surface area contributed by atoms with Crippen LogP contribution in [-0.4, -0.2) is 35.6 Å². The number of hydrogen-bond acceptors (Lipinski definition) is 5.